The molecule has 0 saturated heterocycles. The molecule has 0 bridgehead atoms. The molecule has 0 fully saturated rings. The van der Waals surface area contributed by atoms with Crippen molar-refractivity contribution >= 4 is 11.9 Å². The number of aromatic nitrogens is 3. The first-order valence-electron chi connectivity index (χ1n) is 7.24. The molecule has 1 amide bonds. The van der Waals surface area contributed by atoms with Crippen LogP contribution in [0.25, 0.3) is 5.69 Å². The largest absolute Gasteiger partial charge is 0.324 e. The topological polar surface area (TPSA) is 71.8 Å². The van der Waals surface area contributed by atoms with E-state index in [1.54, 1.807) is 12.1 Å². The molecule has 0 aliphatic carbocycles. The highest BCUT2D eigenvalue weighted by atomic mass is 16.2. The van der Waals surface area contributed by atoms with Gasteiger partial charge < -0.3 is 4.57 Å². The molecule has 0 spiro atoms. The molecule has 2 N–H and O–H groups in total. The summed E-state index contributed by atoms with van der Waals surface area (Å²) in [6, 6.07) is 13.1. The van der Waals surface area contributed by atoms with Crippen LogP contribution in [0.1, 0.15) is 21.7 Å². The molecule has 23 heavy (non-hydrogen) atoms. The van der Waals surface area contributed by atoms with E-state index in [-0.39, 0.29) is 5.91 Å². The number of aryl methyl sites for hydroxylation is 2. The standard InChI is InChI=1S/C17H17N5O/c1-12-11-13(2)19-17(18-12)21-20-16(23)14-5-7-15(8-6-14)22-9-3-4-10-22/h3-11H,1-2H3,(H,20,23)(H,18,19,21). The van der Waals surface area contributed by atoms with Crippen LogP contribution < -0.4 is 10.9 Å². The molecule has 2 aromatic heterocycles. The first kappa shape index (κ1) is 14.8. The number of hydrogen-bond acceptors (Lipinski definition) is 4. The quantitative estimate of drug-likeness (QED) is 0.727. The minimum atomic E-state index is -0.244. The Kier molecular flexibility index (Phi) is 4.05. The molecule has 0 aliphatic rings. The maximum absolute atomic E-state index is 12.1. The van der Waals surface area contributed by atoms with Gasteiger partial charge in [-0.15, -0.1) is 0 Å². The molecule has 0 radical (unpaired) electrons. The predicted octanol–water partition coefficient (Wildman–Crippen LogP) is 2.64. The second-order valence-corrected chi connectivity index (χ2v) is 5.19. The van der Waals surface area contributed by atoms with E-state index in [9.17, 15) is 4.79 Å². The van der Waals surface area contributed by atoms with Crippen molar-refractivity contribution in [2.45, 2.75) is 13.8 Å². The van der Waals surface area contributed by atoms with Crippen molar-refractivity contribution in [2.24, 2.45) is 0 Å². The van der Waals surface area contributed by atoms with E-state index >= 15 is 0 Å². The maximum atomic E-state index is 12.1. The summed E-state index contributed by atoms with van der Waals surface area (Å²) in [5, 5.41) is 0. The van der Waals surface area contributed by atoms with Crippen LogP contribution in [-0.4, -0.2) is 20.4 Å². The summed E-state index contributed by atoms with van der Waals surface area (Å²) in [6.45, 7) is 3.75. The van der Waals surface area contributed by atoms with Crippen LogP contribution in [0.5, 0.6) is 0 Å². The Bertz CT molecular complexity index is 789. The van der Waals surface area contributed by atoms with Gasteiger partial charge in [-0.1, -0.05) is 0 Å². The van der Waals surface area contributed by atoms with Gasteiger partial charge >= 0.3 is 0 Å². The van der Waals surface area contributed by atoms with Crippen LogP contribution in [0.2, 0.25) is 0 Å². The Morgan fingerprint density at radius 1 is 1.00 bits per heavy atom. The molecule has 3 aromatic rings. The van der Waals surface area contributed by atoms with E-state index in [0.29, 0.717) is 11.5 Å². The monoisotopic (exact) mass is 307 g/mol. The first-order chi connectivity index (χ1) is 11.1. The molecule has 6 nitrogen and oxygen atoms in total. The minimum Gasteiger partial charge on any atom is -0.324 e. The third-order valence-corrected chi connectivity index (χ3v) is 3.30. The number of nitrogens with zero attached hydrogens (tertiary/aromatic N) is 3. The molecule has 3 rings (SSSR count). The zero-order valence-electron chi connectivity index (χ0n) is 12.9. The SMILES string of the molecule is Cc1cc(C)nc(NNC(=O)c2ccc(-n3cccc3)cc2)n1. The number of nitrogens with one attached hydrogen (secondary N) is 2. The van der Waals surface area contributed by atoms with Crippen molar-refractivity contribution in [2.75, 3.05) is 5.43 Å². The van der Waals surface area contributed by atoms with Gasteiger partial charge in [0.1, 0.15) is 0 Å². The molecule has 1 aromatic carbocycles. The van der Waals surface area contributed by atoms with Crippen LogP contribution in [0, 0.1) is 13.8 Å². The summed E-state index contributed by atoms with van der Waals surface area (Å²) in [5.74, 6) is 0.131. The number of rotatable bonds is 4. The molecule has 2 heterocycles. The Labute approximate surface area is 134 Å². The lowest BCUT2D eigenvalue weighted by Crippen LogP contribution is -2.30. The van der Waals surface area contributed by atoms with Crippen molar-refractivity contribution in [1.29, 1.82) is 0 Å². The van der Waals surface area contributed by atoms with Gasteiger partial charge in [-0.3, -0.25) is 15.6 Å². The number of hydrazine groups is 1. The Balaban J connectivity index is 1.66. The number of hydrogen-bond donors (Lipinski definition) is 2. The lowest BCUT2D eigenvalue weighted by molar-refractivity contribution is 0.0962. The van der Waals surface area contributed by atoms with E-state index in [1.807, 2.05) is 61.1 Å². The van der Waals surface area contributed by atoms with E-state index in [1.165, 1.54) is 0 Å². The molecule has 0 atom stereocenters. The lowest BCUT2D eigenvalue weighted by atomic mass is 10.2. The summed E-state index contributed by atoms with van der Waals surface area (Å²) in [6.07, 6.45) is 3.90. The summed E-state index contributed by atoms with van der Waals surface area (Å²) in [5.41, 5.74) is 8.57. The fourth-order valence-corrected chi connectivity index (χ4v) is 2.26. The zero-order valence-corrected chi connectivity index (χ0v) is 12.9. The average Bonchev–Trinajstić information content (AvgIpc) is 3.06. The van der Waals surface area contributed by atoms with Crippen LogP contribution in [0.15, 0.2) is 54.9 Å². The molecule has 0 unspecified atom stereocenters. The van der Waals surface area contributed by atoms with Crippen molar-refractivity contribution in [3.63, 3.8) is 0 Å². The zero-order chi connectivity index (χ0) is 16.2. The number of carbonyl (C=O) groups is 1. The van der Waals surface area contributed by atoms with E-state index in [4.69, 9.17) is 0 Å². The predicted molar refractivity (Wildman–Crippen MR) is 88.4 cm³/mol. The second-order valence-electron chi connectivity index (χ2n) is 5.19. The van der Waals surface area contributed by atoms with Gasteiger partial charge in [0.2, 0.25) is 5.95 Å². The van der Waals surface area contributed by atoms with Crippen molar-refractivity contribution in [3.05, 3.63) is 71.8 Å². The fraction of sp³-hybridized carbons (Fsp3) is 0.118. The Morgan fingerprint density at radius 2 is 1.61 bits per heavy atom. The van der Waals surface area contributed by atoms with Gasteiger partial charge in [-0.05, 0) is 56.3 Å². The minimum absolute atomic E-state index is 0.244. The number of benzene rings is 1. The fourth-order valence-electron chi connectivity index (χ4n) is 2.26. The normalized spacial score (nSPS) is 10.3. The van der Waals surface area contributed by atoms with Crippen molar-refractivity contribution in [1.82, 2.24) is 20.0 Å². The summed E-state index contributed by atoms with van der Waals surface area (Å²) in [4.78, 5) is 20.6. The van der Waals surface area contributed by atoms with Crippen LogP contribution in [0.3, 0.4) is 0 Å². The molecule has 6 heteroatoms. The highest BCUT2D eigenvalue weighted by Crippen LogP contribution is 2.10. The number of anilines is 1. The van der Waals surface area contributed by atoms with Gasteiger partial charge in [-0.25, -0.2) is 9.97 Å². The molecule has 116 valence electrons. The average molecular weight is 307 g/mol. The molecule has 0 aliphatic heterocycles. The summed E-state index contributed by atoms with van der Waals surface area (Å²) < 4.78 is 1.98. The van der Waals surface area contributed by atoms with Gasteiger partial charge in [0, 0.05) is 35.0 Å². The number of carbonyl (C=O) groups excluding carboxylic acids is 1. The lowest BCUT2D eigenvalue weighted by Gasteiger charge is -2.09. The smallest absolute Gasteiger partial charge is 0.269 e. The second kappa shape index (κ2) is 6.31. The van der Waals surface area contributed by atoms with Gasteiger partial charge in [-0.2, -0.15) is 0 Å². The van der Waals surface area contributed by atoms with E-state index in [2.05, 4.69) is 20.8 Å². The third-order valence-electron chi connectivity index (χ3n) is 3.30. The van der Waals surface area contributed by atoms with E-state index < -0.39 is 0 Å². The summed E-state index contributed by atoms with van der Waals surface area (Å²) >= 11 is 0. The number of amides is 1. The van der Waals surface area contributed by atoms with Crippen LogP contribution >= 0.6 is 0 Å². The maximum Gasteiger partial charge on any atom is 0.269 e. The molecular formula is C17H17N5O. The molecular weight excluding hydrogens is 290 g/mol. The van der Waals surface area contributed by atoms with Gasteiger partial charge in [0.15, 0.2) is 0 Å². The first-order valence-corrected chi connectivity index (χ1v) is 7.24. The summed E-state index contributed by atoms with van der Waals surface area (Å²) in [7, 11) is 0. The van der Waals surface area contributed by atoms with Crippen LogP contribution in [0.4, 0.5) is 5.95 Å². The van der Waals surface area contributed by atoms with Gasteiger partial charge in [0.25, 0.3) is 5.91 Å². The highest BCUT2D eigenvalue weighted by molar-refractivity contribution is 5.94. The van der Waals surface area contributed by atoms with Gasteiger partial charge in [0.05, 0.1) is 0 Å². The van der Waals surface area contributed by atoms with Crippen molar-refractivity contribution in [3.8, 4) is 5.69 Å². The van der Waals surface area contributed by atoms with Crippen LogP contribution in [-0.2, 0) is 0 Å². The highest BCUT2D eigenvalue weighted by Gasteiger charge is 2.06. The van der Waals surface area contributed by atoms with Crippen molar-refractivity contribution < 1.29 is 4.79 Å². The third kappa shape index (κ3) is 3.55. The van der Waals surface area contributed by atoms with E-state index in [0.717, 1.165) is 17.1 Å². The Morgan fingerprint density at radius 3 is 2.22 bits per heavy atom. The molecule has 0 saturated carbocycles. The Hall–Kier alpha value is -3.15.